The minimum Gasteiger partial charge on any atom is -0.396 e. The van der Waals surface area contributed by atoms with Crippen LogP contribution in [0.3, 0.4) is 0 Å². The molecule has 15 heavy (non-hydrogen) atoms. The highest BCUT2D eigenvalue weighted by Gasteiger charge is 2.29. The van der Waals surface area contributed by atoms with E-state index in [9.17, 15) is 13.2 Å². The van der Waals surface area contributed by atoms with Gasteiger partial charge in [-0.1, -0.05) is 13.3 Å². The van der Waals surface area contributed by atoms with E-state index in [1.54, 1.807) is 0 Å². The Morgan fingerprint density at radius 3 is 2.33 bits per heavy atom. The van der Waals surface area contributed by atoms with Crippen molar-refractivity contribution >= 4 is 0 Å². The molecular weight excluding hydrogens is 207 g/mol. The van der Waals surface area contributed by atoms with Crippen LogP contribution in [0.5, 0.6) is 0 Å². The summed E-state index contributed by atoms with van der Waals surface area (Å²) >= 11 is 0. The molecule has 0 spiro atoms. The van der Waals surface area contributed by atoms with Gasteiger partial charge >= 0.3 is 6.18 Å². The predicted molar refractivity (Wildman–Crippen MR) is 53.6 cm³/mol. The van der Waals surface area contributed by atoms with Crippen molar-refractivity contribution in [3.8, 4) is 0 Å². The predicted octanol–water partition coefficient (Wildman–Crippen LogP) is 2.33. The molecular formula is C10H20F3NO. The van der Waals surface area contributed by atoms with E-state index >= 15 is 0 Å². The fraction of sp³-hybridized carbons (Fsp3) is 1.00. The summed E-state index contributed by atoms with van der Waals surface area (Å²) in [5.41, 5.74) is 0. The summed E-state index contributed by atoms with van der Waals surface area (Å²) in [5.74, 6) is 0.255. The summed E-state index contributed by atoms with van der Waals surface area (Å²) in [4.78, 5) is 0. The first kappa shape index (κ1) is 14.7. The Morgan fingerprint density at radius 1 is 1.33 bits per heavy atom. The van der Waals surface area contributed by atoms with E-state index < -0.39 is 18.6 Å². The maximum Gasteiger partial charge on any atom is 0.390 e. The van der Waals surface area contributed by atoms with Crippen LogP contribution < -0.4 is 5.32 Å². The van der Waals surface area contributed by atoms with Gasteiger partial charge in [-0.25, -0.2) is 0 Å². The highest BCUT2D eigenvalue weighted by Crippen LogP contribution is 2.21. The maximum atomic E-state index is 12.0. The molecule has 92 valence electrons. The highest BCUT2D eigenvalue weighted by atomic mass is 19.4. The summed E-state index contributed by atoms with van der Waals surface area (Å²) in [7, 11) is 0. The normalized spacial score (nSPS) is 16.4. The van der Waals surface area contributed by atoms with Gasteiger partial charge in [0, 0.05) is 12.6 Å². The van der Waals surface area contributed by atoms with E-state index in [0.29, 0.717) is 13.0 Å². The smallest absolute Gasteiger partial charge is 0.390 e. The fourth-order valence-electron chi connectivity index (χ4n) is 1.42. The molecule has 0 heterocycles. The van der Waals surface area contributed by atoms with Crippen molar-refractivity contribution in [2.75, 3.05) is 13.2 Å². The van der Waals surface area contributed by atoms with Crippen LogP contribution in [0.25, 0.3) is 0 Å². The van der Waals surface area contributed by atoms with Crippen molar-refractivity contribution < 1.29 is 18.3 Å². The lowest BCUT2D eigenvalue weighted by atomic mass is 10.0. The van der Waals surface area contributed by atoms with Gasteiger partial charge in [-0.3, -0.25) is 0 Å². The molecule has 0 fully saturated rings. The number of hydrogen-bond donors (Lipinski definition) is 2. The van der Waals surface area contributed by atoms with Gasteiger partial charge in [-0.2, -0.15) is 13.2 Å². The molecule has 0 radical (unpaired) electrons. The molecule has 0 saturated carbocycles. The maximum absolute atomic E-state index is 12.0. The third-order valence-electron chi connectivity index (χ3n) is 2.41. The zero-order valence-electron chi connectivity index (χ0n) is 9.27. The Morgan fingerprint density at radius 2 is 1.93 bits per heavy atom. The molecule has 0 rings (SSSR count). The van der Waals surface area contributed by atoms with Gasteiger partial charge in [0.25, 0.3) is 0 Å². The van der Waals surface area contributed by atoms with E-state index in [0.717, 1.165) is 6.42 Å². The summed E-state index contributed by atoms with van der Waals surface area (Å²) in [6, 6.07) is -0.558. The second-order valence-electron chi connectivity index (χ2n) is 3.92. The molecule has 0 amide bonds. The van der Waals surface area contributed by atoms with Crippen molar-refractivity contribution in [1.29, 1.82) is 0 Å². The zero-order valence-corrected chi connectivity index (χ0v) is 9.27. The lowest BCUT2D eigenvalue weighted by Gasteiger charge is -2.20. The SMILES string of the molecule is CCC(CCO)CNC(C)CC(F)(F)F. The summed E-state index contributed by atoms with van der Waals surface area (Å²) in [6.07, 6.45) is -3.40. The number of hydrogen-bond acceptors (Lipinski definition) is 2. The van der Waals surface area contributed by atoms with Gasteiger partial charge in [0.15, 0.2) is 0 Å². The van der Waals surface area contributed by atoms with Crippen molar-refractivity contribution in [1.82, 2.24) is 5.32 Å². The lowest BCUT2D eigenvalue weighted by Crippen LogP contribution is -2.34. The van der Waals surface area contributed by atoms with Crippen LogP contribution in [0.15, 0.2) is 0 Å². The second kappa shape index (κ2) is 7.06. The molecule has 0 aliphatic heterocycles. The zero-order chi connectivity index (χ0) is 11.9. The molecule has 2 unspecified atom stereocenters. The molecule has 0 bridgehead atoms. The summed E-state index contributed by atoms with van der Waals surface area (Å²) in [5, 5.41) is 11.6. The highest BCUT2D eigenvalue weighted by molar-refractivity contribution is 4.68. The quantitative estimate of drug-likeness (QED) is 0.699. The molecule has 2 atom stereocenters. The topological polar surface area (TPSA) is 32.3 Å². The van der Waals surface area contributed by atoms with Crippen molar-refractivity contribution in [2.24, 2.45) is 5.92 Å². The van der Waals surface area contributed by atoms with E-state index in [4.69, 9.17) is 5.11 Å². The molecule has 0 aliphatic rings. The Bertz CT molecular complexity index is 161. The third-order valence-corrected chi connectivity index (χ3v) is 2.41. The van der Waals surface area contributed by atoms with E-state index in [-0.39, 0.29) is 12.5 Å². The van der Waals surface area contributed by atoms with Crippen LogP contribution in [0.2, 0.25) is 0 Å². The van der Waals surface area contributed by atoms with E-state index in [1.807, 2.05) is 6.92 Å². The molecule has 5 heteroatoms. The van der Waals surface area contributed by atoms with Crippen LogP contribution in [0.4, 0.5) is 13.2 Å². The first-order chi connectivity index (χ1) is 6.89. The van der Waals surface area contributed by atoms with E-state index in [1.165, 1.54) is 6.92 Å². The Kier molecular flexibility index (Phi) is 6.92. The number of nitrogens with one attached hydrogen (secondary N) is 1. The standard InChI is InChI=1S/C10H20F3NO/c1-3-9(4-5-15)7-14-8(2)6-10(11,12)13/h8-9,14-15H,3-7H2,1-2H3. The summed E-state index contributed by atoms with van der Waals surface area (Å²) in [6.45, 7) is 4.12. The van der Waals surface area contributed by atoms with Crippen molar-refractivity contribution in [3.63, 3.8) is 0 Å². The van der Waals surface area contributed by atoms with Crippen molar-refractivity contribution in [2.45, 2.75) is 45.3 Å². The van der Waals surface area contributed by atoms with Gasteiger partial charge in [-0.05, 0) is 25.8 Å². The minimum absolute atomic E-state index is 0.0911. The first-order valence-electron chi connectivity index (χ1n) is 5.30. The molecule has 0 aromatic carbocycles. The van der Waals surface area contributed by atoms with Crippen LogP contribution in [-0.2, 0) is 0 Å². The van der Waals surface area contributed by atoms with Crippen molar-refractivity contribution in [3.05, 3.63) is 0 Å². The molecule has 0 saturated heterocycles. The fourth-order valence-corrected chi connectivity index (χ4v) is 1.42. The number of aliphatic hydroxyl groups is 1. The Balaban J connectivity index is 3.73. The van der Waals surface area contributed by atoms with Crippen LogP contribution in [0, 0.1) is 5.92 Å². The van der Waals surface area contributed by atoms with Gasteiger partial charge in [-0.15, -0.1) is 0 Å². The van der Waals surface area contributed by atoms with Crippen LogP contribution >= 0.6 is 0 Å². The Hall–Kier alpha value is -0.290. The number of halogens is 3. The molecule has 2 N–H and O–H groups in total. The lowest BCUT2D eigenvalue weighted by molar-refractivity contribution is -0.139. The largest absolute Gasteiger partial charge is 0.396 e. The molecule has 0 aliphatic carbocycles. The molecule has 0 aromatic rings. The minimum atomic E-state index is -4.11. The van der Waals surface area contributed by atoms with Gasteiger partial charge in [0.1, 0.15) is 0 Å². The third kappa shape index (κ3) is 8.69. The Labute approximate surface area is 88.9 Å². The average Bonchev–Trinajstić information content (AvgIpc) is 2.09. The second-order valence-corrected chi connectivity index (χ2v) is 3.92. The first-order valence-corrected chi connectivity index (χ1v) is 5.30. The monoisotopic (exact) mass is 227 g/mol. The van der Waals surface area contributed by atoms with E-state index in [2.05, 4.69) is 5.32 Å². The van der Waals surface area contributed by atoms with Crippen LogP contribution in [-0.4, -0.2) is 30.5 Å². The van der Waals surface area contributed by atoms with Gasteiger partial charge in [0.05, 0.1) is 6.42 Å². The number of rotatable bonds is 7. The van der Waals surface area contributed by atoms with Gasteiger partial charge in [0.2, 0.25) is 0 Å². The summed E-state index contributed by atoms with van der Waals surface area (Å²) < 4.78 is 35.9. The average molecular weight is 227 g/mol. The van der Waals surface area contributed by atoms with Crippen LogP contribution in [0.1, 0.15) is 33.1 Å². The molecule has 2 nitrogen and oxygen atoms in total. The number of alkyl halides is 3. The van der Waals surface area contributed by atoms with Gasteiger partial charge < -0.3 is 10.4 Å². The molecule has 0 aromatic heterocycles. The number of aliphatic hydroxyl groups excluding tert-OH is 1.